The summed E-state index contributed by atoms with van der Waals surface area (Å²) in [6, 6.07) is 0. The van der Waals surface area contributed by atoms with Gasteiger partial charge in [-0.15, -0.1) is 0 Å². The lowest BCUT2D eigenvalue weighted by Gasteiger charge is -1.85. The molecule has 8 heavy (non-hydrogen) atoms. The zero-order valence-electron chi connectivity index (χ0n) is 4.85. The van der Waals surface area contributed by atoms with E-state index in [9.17, 15) is 4.48 Å². The van der Waals surface area contributed by atoms with Crippen LogP contribution in [0.2, 0.25) is 0 Å². The molecular formula is C5H7FN2. The normalized spacial score (nSPS) is 9.88. The van der Waals surface area contributed by atoms with Crippen molar-refractivity contribution in [3.8, 4) is 0 Å². The number of imidazole rings is 1. The fraction of sp³-hybridized carbons (Fsp3) is 0.400. The van der Waals surface area contributed by atoms with Crippen LogP contribution >= 0.6 is 0 Å². The number of halogens is 1. The van der Waals surface area contributed by atoms with Crippen molar-refractivity contribution in [2.75, 3.05) is 0 Å². The first kappa shape index (κ1) is 5.28. The van der Waals surface area contributed by atoms with E-state index < -0.39 is 0 Å². The van der Waals surface area contributed by atoms with Crippen LogP contribution in [0.5, 0.6) is 0 Å². The van der Waals surface area contributed by atoms with E-state index in [4.69, 9.17) is 0 Å². The minimum atomic E-state index is 0.509. The van der Waals surface area contributed by atoms with Gasteiger partial charge >= 0.3 is 0 Å². The minimum absolute atomic E-state index is 0.509. The molecule has 1 heterocycles. The molecule has 0 unspecified atom stereocenters. The standard InChI is InChI=1S/C5H7FN2/c1-4-5(2)8(6)3-7-4/h3H,1-2H3. The lowest BCUT2D eigenvalue weighted by molar-refractivity contribution is 0.358. The van der Waals surface area contributed by atoms with Gasteiger partial charge in [-0.25, -0.2) is 4.98 Å². The van der Waals surface area contributed by atoms with Gasteiger partial charge in [-0.2, -0.15) is 4.79 Å². The van der Waals surface area contributed by atoms with Crippen LogP contribution in [0, 0.1) is 13.8 Å². The summed E-state index contributed by atoms with van der Waals surface area (Å²) < 4.78 is 12.2. The van der Waals surface area contributed by atoms with Crippen LogP contribution in [0.3, 0.4) is 0 Å². The van der Waals surface area contributed by atoms with Crippen LogP contribution < -0.4 is 0 Å². The second kappa shape index (κ2) is 1.58. The largest absolute Gasteiger partial charge is 0.239 e. The van der Waals surface area contributed by atoms with Crippen molar-refractivity contribution in [2.45, 2.75) is 13.8 Å². The van der Waals surface area contributed by atoms with Gasteiger partial charge in [-0.05, 0) is 13.8 Å². The Bertz CT molecular complexity index is 173. The summed E-state index contributed by atoms with van der Waals surface area (Å²) in [6.45, 7) is 3.45. The minimum Gasteiger partial charge on any atom is -0.239 e. The summed E-state index contributed by atoms with van der Waals surface area (Å²) in [5.41, 5.74) is 1.32. The van der Waals surface area contributed by atoms with Gasteiger partial charge in [0.1, 0.15) is 6.33 Å². The zero-order chi connectivity index (χ0) is 6.15. The Morgan fingerprint density at radius 3 is 2.38 bits per heavy atom. The Balaban J connectivity index is 3.19. The molecule has 0 spiro atoms. The van der Waals surface area contributed by atoms with E-state index in [0.29, 0.717) is 10.5 Å². The molecule has 2 nitrogen and oxygen atoms in total. The number of rotatable bonds is 0. The van der Waals surface area contributed by atoms with Crippen LogP contribution in [0.15, 0.2) is 6.33 Å². The Kier molecular flexibility index (Phi) is 1.04. The second-order valence-electron chi connectivity index (χ2n) is 1.73. The first-order valence-electron chi connectivity index (χ1n) is 2.38. The van der Waals surface area contributed by atoms with Crippen molar-refractivity contribution in [1.82, 2.24) is 9.77 Å². The Morgan fingerprint density at radius 1 is 1.62 bits per heavy atom. The smallest absolute Gasteiger partial charge is 0.127 e. The van der Waals surface area contributed by atoms with Gasteiger partial charge in [0.25, 0.3) is 0 Å². The van der Waals surface area contributed by atoms with Gasteiger partial charge in [0, 0.05) is 0 Å². The molecule has 0 aliphatic heterocycles. The van der Waals surface area contributed by atoms with E-state index in [-0.39, 0.29) is 0 Å². The maximum Gasteiger partial charge on any atom is 0.127 e. The van der Waals surface area contributed by atoms with Crippen LogP contribution in [0.1, 0.15) is 11.4 Å². The van der Waals surface area contributed by atoms with E-state index >= 15 is 0 Å². The number of aromatic nitrogens is 2. The third-order valence-electron chi connectivity index (χ3n) is 1.20. The van der Waals surface area contributed by atoms with Crippen molar-refractivity contribution < 1.29 is 4.48 Å². The van der Waals surface area contributed by atoms with Gasteiger partial charge in [0.05, 0.1) is 11.4 Å². The molecule has 0 amide bonds. The molecule has 0 atom stereocenters. The van der Waals surface area contributed by atoms with Crippen molar-refractivity contribution in [3.05, 3.63) is 17.7 Å². The average molecular weight is 114 g/mol. The van der Waals surface area contributed by atoms with E-state index in [0.717, 1.165) is 12.0 Å². The van der Waals surface area contributed by atoms with Crippen LogP contribution in [0.25, 0.3) is 0 Å². The van der Waals surface area contributed by atoms with Crippen LogP contribution in [-0.2, 0) is 0 Å². The third kappa shape index (κ3) is 0.598. The van der Waals surface area contributed by atoms with Gasteiger partial charge in [-0.1, -0.05) is 4.48 Å². The summed E-state index contributed by atoms with van der Waals surface area (Å²) in [5.74, 6) is 0. The highest BCUT2D eigenvalue weighted by Gasteiger charge is 1.97. The molecule has 0 bridgehead atoms. The summed E-state index contributed by atoms with van der Waals surface area (Å²) in [7, 11) is 0. The SMILES string of the molecule is Cc1ncn(F)c1C. The van der Waals surface area contributed by atoms with Crippen molar-refractivity contribution in [2.24, 2.45) is 0 Å². The summed E-state index contributed by atoms with van der Waals surface area (Å²) in [4.78, 5) is 4.21. The summed E-state index contributed by atoms with van der Waals surface area (Å²) >= 11 is 0. The Labute approximate surface area is 46.9 Å². The highest BCUT2D eigenvalue weighted by molar-refractivity contribution is 5.06. The van der Waals surface area contributed by atoms with E-state index in [1.165, 1.54) is 0 Å². The quantitative estimate of drug-likeness (QED) is 0.496. The van der Waals surface area contributed by atoms with E-state index in [2.05, 4.69) is 4.98 Å². The maximum absolute atomic E-state index is 12.2. The molecule has 44 valence electrons. The molecule has 0 saturated carbocycles. The molecule has 0 radical (unpaired) electrons. The van der Waals surface area contributed by atoms with Gasteiger partial charge < -0.3 is 0 Å². The first-order valence-corrected chi connectivity index (χ1v) is 2.38. The Hall–Kier alpha value is -0.860. The fourth-order valence-corrected chi connectivity index (χ4v) is 0.472. The van der Waals surface area contributed by atoms with E-state index in [1.54, 1.807) is 13.8 Å². The average Bonchev–Trinajstić information content (AvgIpc) is 1.98. The molecule has 0 saturated heterocycles. The van der Waals surface area contributed by atoms with Gasteiger partial charge in [0.15, 0.2) is 0 Å². The lowest BCUT2D eigenvalue weighted by Crippen LogP contribution is -1.81. The molecule has 1 rings (SSSR count). The Morgan fingerprint density at radius 2 is 2.25 bits per heavy atom. The van der Waals surface area contributed by atoms with Gasteiger partial charge in [-0.3, -0.25) is 0 Å². The molecule has 1 aromatic heterocycles. The maximum atomic E-state index is 12.2. The van der Waals surface area contributed by atoms with Crippen LogP contribution in [0.4, 0.5) is 4.48 Å². The number of nitrogens with zero attached hydrogens (tertiary/aromatic N) is 2. The van der Waals surface area contributed by atoms with Gasteiger partial charge in [0.2, 0.25) is 0 Å². The molecule has 0 aromatic carbocycles. The number of hydrogen-bond acceptors (Lipinski definition) is 1. The zero-order valence-corrected chi connectivity index (χ0v) is 4.85. The molecule has 0 fully saturated rings. The molecular weight excluding hydrogens is 107 g/mol. The summed E-state index contributed by atoms with van der Waals surface area (Å²) in [6.07, 6.45) is 1.16. The molecule has 1 aromatic rings. The number of hydrogen-bond donors (Lipinski definition) is 0. The second-order valence-corrected chi connectivity index (χ2v) is 1.73. The predicted molar refractivity (Wildman–Crippen MR) is 28.2 cm³/mol. The van der Waals surface area contributed by atoms with Crippen molar-refractivity contribution >= 4 is 0 Å². The molecule has 0 aliphatic rings. The third-order valence-corrected chi connectivity index (χ3v) is 1.20. The lowest BCUT2D eigenvalue weighted by atomic mass is 10.4. The monoisotopic (exact) mass is 114 g/mol. The predicted octanol–water partition coefficient (Wildman–Crippen LogP) is 1.23. The molecule has 0 aliphatic carbocycles. The molecule has 3 heteroatoms. The highest BCUT2D eigenvalue weighted by atomic mass is 19.2. The molecule has 0 N–H and O–H groups in total. The van der Waals surface area contributed by atoms with E-state index in [1.807, 2.05) is 0 Å². The first-order chi connectivity index (χ1) is 3.72. The fourth-order valence-electron chi connectivity index (χ4n) is 0.472. The van der Waals surface area contributed by atoms with Crippen molar-refractivity contribution in [3.63, 3.8) is 0 Å². The highest BCUT2D eigenvalue weighted by Crippen LogP contribution is 2.01. The summed E-state index contributed by atoms with van der Waals surface area (Å²) in [5, 5.41) is 0. The topological polar surface area (TPSA) is 17.8 Å². The van der Waals surface area contributed by atoms with Crippen molar-refractivity contribution in [1.29, 1.82) is 0 Å². The van der Waals surface area contributed by atoms with Crippen LogP contribution in [-0.4, -0.2) is 9.77 Å². The number of aryl methyl sites for hydroxylation is 1.